The molecule has 3 N–H and O–H groups in total. The van der Waals surface area contributed by atoms with Crippen LogP contribution >= 0.6 is 0 Å². The van der Waals surface area contributed by atoms with Gasteiger partial charge in [0.2, 0.25) is 5.95 Å². The first-order chi connectivity index (χ1) is 16.4. The van der Waals surface area contributed by atoms with Gasteiger partial charge in [-0.25, -0.2) is 23.7 Å². The first-order valence-corrected chi connectivity index (χ1v) is 11.9. The van der Waals surface area contributed by atoms with Crippen LogP contribution in [0.4, 0.5) is 20.4 Å². The summed E-state index contributed by atoms with van der Waals surface area (Å²) in [5, 5.41) is 9.43. The van der Waals surface area contributed by atoms with Crippen molar-refractivity contribution in [1.82, 2.24) is 20.3 Å². The molecule has 1 aromatic carbocycles. The summed E-state index contributed by atoms with van der Waals surface area (Å²) in [6.07, 6.45) is 3.44. The molecule has 34 heavy (non-hydrogen) atoms. The SMILES string of the molecule is C=C(Nc1ccc(-c2cc(C(C)C)c3nc(N[C@@H]4CNC[C@@H](F)C4)ncc3n2)cc1F)C1CC1. The lowest BCUT2D eigenvalue weighted by Crippen LogP contribution is -2.44. The molecule has 2 aliphatic rings. The Hall–Kier alpha value is -3.13. The second kappa shape index (κ2) is 9.25. The number of hydrogen-bond donors (Lipinski definition) is 3. The van der Waals surface area contributed by atoms with Crippen LogP contribution in [0.1, 0.15) is 44.6 Å². The van der Waals surface area contributed by atoms with Crippen LogP contribution in [0.3, 0.4) is 0 Å². The molecule has 2 fully saturated rings. The van der Waals surface area contributed by atoms with Gasteiger partial charge in [0, 0.05) is 36.8 Å². The summed E-state index contributed by atoms with van der Waals surface area (Å²) in [7, 11) is 0. The summed E-state index contributed by atoms with van der Waals surface area (Å²) >= 11 is 0. The highest BCUT2D eigenvalue weighted by Gasteiger charge is 2.25. The van der Waals surface area contributed by atoms with Crippen LogP contribution in [0, 0.1) is 11.7 Å². The number of benzene rings is 1. The number of piperidine rings is 1. The summed E-state index contributed by atoms with van der Waals surface area (Å²) in [6, 6.07) is 7.00. The second-order valence-electron chi connectivity index (χ2n) is 9.63. The minimum absolute atomic E-state index is 0.0676. The molecular formula is C26H30F2N6. The summed E-state index contributed by atoms with van der Waals surface area (Å²) < 4.78 is 28.6. The molecule has 0 spiro atoms. The highest BCUT2D eigenvalue weighted by atomic mass is 19.1. The van der Waals surface area contributed by atoms with Gasteiger partial charge in [-0.3, -0.25) is 0 Å². The quantitative estimate of drug-likeness (QED) is 0.435. The standard InChI is InChI=1S/C26H30F2N6/c1-14(2)20-10-23(17-6-7-22(21(28)8-17)31-15(3)16-4-5-16)33-24-13-30-26(34-25(20)24)32-19-9-18(27)11-29-12-19/h6-8,10,13-14,16,18-19,29,31H,3-5,9,11-12H2,1-2H3,(H,30,32,34)/t18-,19-/m0/s1. The van der Waals surface area contributed by atoms with Crippen LogP contribution in [-0.2, 0) is 0 Å². The summed E-state index contributed by atoms with van der Waals surface area (Å²) in [4.78, 5) is 13.9. The number of nitrogens with zero attached hydrogens (tertiary/aromatic N) is 3. The number of aromatic nitrogens is 3. The molecule has 178 valence electrons. The number of pyridine rings is 1. The zero-order valence-corrected chi connectivity index (χ0v) is 19.5. The van der Waals surface area contributed by atoms with E-state index in [1.54, 1.807) is 12.3 Å². The van der Waals surface area contributed by atoms with Crippen LogP contribution in [-0.4, -0.2) is 40.3 Å². The Morgan fingerprint density at radius 1 is 1.18 bits per heavy atom. The Balaban J connectivity index is 1.44. The van der Waals surface area contributed by atoms with Crippen molar-refractivity contribution in [1.29, 1.82) is 0 Å². The molecule has 1 saturated heterocycles. The zero-order valence-electron chi connectivity index (χ0n) is 19.5. The van der Waals surface area contributed by atoms with Crippen molar-refractivity contribution in [2.24, 2.45) is 5.92 Å². The van der Waals surface area contributed by atoms with Crippen molar-refractivity contribution >= 4 is 22.7 Å². The molecule has 0 unspecified atom stereocenters. The average Bonchev–Trinajstić information content (AvgIpc) is 3.65. The molecule has 3 aromatic rings. The molecule has 0 amide bonds. The lowest BCUT2D eigenvalue weighted by atomic mass is 9.99. The van der Waals surface area contributed by atoms with Gasteiger partial charge in [0.1, 0.15) is 17.5 Å². The molecule has 3 heterocycles. The number of hydrogen-bond acceptors (Lipinski definition) is 6. The van der Waals surface area contributed by atoms with Crippen LogP contribution in [0.5, 0.6) is 0 Å². The number of halogens is 2. The summed E-state index contributed by atoms with van der Waals surface area (Å²) in [6.45, 7) is 9.24. The average molecular weight is 465 g/mol. The Morgan fingerprint density at radius 2 is 2.00 bits per heavy atom. The number of alkyl halides is 1. The van der Waals surface area contributed by atoms with Crippen molar-refractivity contribution in [3.8, 4) is 11.3 Å². The predicted molar refractivity (Wildman–Crippen MR) is 132 cm³/mol. The molecular weight excluding hydrogens is 434 g/mol. The van der Waals surface area contributed by atoms with Crippen molar-refractivity contribution < 1.29 is 8.78 Å². The third kappa shape index (κ3) is 4.87. The van der Waals surface area contributed by atoms with Gasteiger partial charge in [-0.1, -0.05) is 26.5 Å². The van der Waals surface area contributed by atoms with E-state index in [1.807, 2.05) is 12.1 Å². The van der Waals surface area contributed by atoms with Gasteiger partial charge in [0.25, 0.3) is 0 Å². The van der Waals surface area contributed by atoms with Gasteiger partial charge >= 0.3 is 0 Å². The van der Waals surface area contributed by atoms with Gasteiger partial charge < -0.3 is 16.0 Å². The first kappa shape index (κ1) is 22.7. The molecule has 1 aliphatic carbocycles. The molecule has 2 atom stereocenters. The highest BCUT2D eigenvalue weighted by Crippen LogP contribution is 2.37. The third-order valence-electron chi connectivity index (χ3n) is 6.46. The topological polar surface area (TPSA) is 74.8 Å². The van der Waals surface area contributed by atoms with E-state index >= 15 is 0 Å². The Labute approximate surface area is 198 Å². The summed E-state index contributed by atoms with van der Waals surface area (Å²) in [5.41, 5.74) is 5.04. The van der Waals surface area contributed by atoms with Crippen molar-refractivity contribution in [2.75, 3.05) is 23.7 Å². The number of rotatable bonds is 7. The lowest BCUT2D eigenvalue weighted by molar-refractivity contribution is 0.254. The van der Waals surface area contributed by atoms with E-state index in [-0.39, 0.29) is 17.8 Å². The molecule has 8 heteroatoms. The molecule has 2 aromatic heterocycles. The zero-order chi connectivity index (χ0) is 23.8. The van der Waals surface area contributed by atoms with Crippen molar-refractivity contribution in [2.45, 2.75) is 51.2 Å². The van der Waals surface area contributed by atoms with Gasteiger partial charge in [-0.15, -0.1) is 0 Å². The van der Waals surface area contributed by atoms with E-state index in [0.717, 1.165) is 29.6 Å². The van der Waals surface area contributed by atoms with Crippen LogP contribution < -0.4 is 16.0 Å². The van der Waals surface area contributed by atoms with Crippen LogP contribution in [0.15, 0.2) is 42.7 Å². The van der Waals surface area contributed by atoms with E-state index in [2.05, 4.69) is 41.4 Å². The largest absolute Gasteiger partial charge is 0.357 e. The highest BCUT2D eigenvalue weighted by molar-refractivity contribution is 5.82. The Bertz CT molecular complexity index is 1220. The van der Waals surface area contributed by atoms with Gasteiger partial charge in [0.15, 0.2) is 0 Å². The minimum Gasteiger partial charge on any atom is -0.357 e. The molecule has 0 radical (unpaired) electrons. The fraction of sp³-hybridized carbons (Fsp3) is 0.423. The van der Waals surface area contributed by atoms with Gasteiger partial charge in [-0.2, -0.15) is 0 Å². The maximum Gasteiger partial charge on any atom is 0.223 e. The number of nitrogens with one attached hydrogen (secondary N) is 3. The van der Waals surface area contributed by atoms with Crippen molar-refractivity contribution in [3.05, 3.63) is 54.1 Å². The number of anilines is 2. The van der Waals surface area contributed by atoms with Crippen LogP contribution in [0.25, 0.3) is 22.3 Å². The van der Waals surface area contributed by atoms with E-state index < -0.39 is 6.17 Å². The van der Waals surface area contributed by atoms with E-state index in [0.29, 0.717) is 53.8 Å². The molecule has 0 bridgehead atoms. The third-order valence-corrected chi connectivity index (χ3v) is 6.46. The lowest BCUT2D eigenvalue weighted by Gasteiger charge is -2.26. The number of allylic oxidation sites excluding steroid dienone is 1. The predicted octanol–water partition coefficient (Wildman–Crippen LogP) is 5.40. The maximum absolute atomic E-state index is 14.9. The second-order valence-corrected chi connectivity index (χ2v) is 9.63. The Morgan fingerprint density at radius 3 is 2.71 bits per heavy atom. The maximum atomic E-state index is 14.9. The fourth-order valence-corrected chi connectivity index (χ4v) is 4.37. The smallest absolute Gasteiger partial charge is 0.223 e. The molecule has 1 aliphatic heterocycles. The van der Waals surface area contributed by atoms with Gasteiger partial charge in [0.05, 0.1) is 23.1 Å². The summed E-state index contributed by atoms with van der Waals surface area (Å²) in [5.74, 6) is 0.741. The molecule has 6 nitrogen and oxygen atoms in total. The van der Waals surface area contributed by atoms with Crippen LogP contribution in [0.2, 0.25) is 0 Å². The molecule has 5 rings (SSSR count). The first-order valence-electron chi connectivity index (χ1n) is 11.9. The fourth-order valence-electron chi connectivity index (χ4n) is 4.37. The molecule has 1 saturated carbocycles. The van der Waals surface area contributed by atoms with Gasteiger partial charge in [-0.05, 0) is 48.4 Å². The minimum atomic E-state index is -0.879. The number of fused-ring (bicyclic) bond motifs is 1. The Kier molecular flexibility index (Phi) is 6.16. The van der Waals surface area contributed by atoms with E-state index in [9.17, 15) is 8.78 Å². The van der Waals surface area contributed by atoms with Crippen molar-refractivity contribution in [3.63, 3.8) is 0 Å². The monoisotopic (exact) mass is 464 g/mol. The van der Waals surface area contributed by atoms with E-state index in [4.69, 9.17) is 9.97 Å². The normalized spacial score (nSPS) is 20.5. The van der Waals surface area contributed by atoms with E-state index in [1.165, 1.54) is 6.07 Å².